The third-order valence-corrected chi connectivity index (χ3v) is 4.61. The molecule has 2 heterocycles. The van der Waals surface area contributed by atoms with Gasteiger partial charge < -0.3 is 15.0 Å². The molecule has 0 radical (unpaired) electrons. The van der Waals surface area contributed by atoms with E-state index in [-0.39, 0.29) is 24.7 Å². The van der Waals surface area contributed by atoms with Crippen LogP contribution in [0, 0.1) is 0 Å². The van der Waals surface area contributed by atoms with Crippen molar-refractivity contribution in [2.45, 2.75) is 12.8 Å². The number of hydrogen-bond acceptors (Lipinski definition) is 4. The molecule has 7 heteroatoms. The van der Waals surface area contributed by atoms with E-state index in [1.54, 1.807) is 31.4 Å². The molecule has 1 aliphatic heterocycles. The van der Waals surface area contributed by atoms with Crippen LogP contribution in [0.5, 0.6) is 5.75 Å². The van der Waals surface area contributed by atoms with Crippen LogP contribution in [0.15, 0.2) is 48.7 Å². The number of benzene rings is 1. The summed E-state index contributed by atoms with van der Waals surface area (Å²) >= 11 is 0. The zero-order valence-electron chi connectivity index (χ0n) is 15.5. The Morgan fingerprint density at radius 3 is 2.41 bits per heavy atom. The van der Waals surface area contributed by atoms with Gasteiger partial charge in [0, 0.05) is 24.6 Å². The lowest BCUT2D eigenvalue weighted by atomic mass is 10.2. The molecule has 0 atom stereocenters. The molecule has 3 rings (SSSR count). The van der Waals surface area contributed by atoms with Gasteiger partial charge in [0.15, 0.2) is 0 Å². The number of pyridine rings is 1. The fourth-order valence-corrected chi connectivity index (χ4v) is 3.05. The Morgan fingerprint density at radius 1 is 1.04 bits per heavy atom. The summed E-state index contributed by atoms with van der Waals surface area (Å²) in [6.45, 7) is 2.90. The van der Waals surface area contributed by atoms with E-state index < -0.39 is 0 Å². The first-order valence-electron chi connectivity index (χ1n) is 9.09. The number of methoxy groups -OCH3 is 1. The van der Waals surface area contributed by atoms with E-state index in [0.717, 1.165) is 24.7 Å². The van der Waals surface area contributed by atoms with Gasteiger partial charge in [-0.1, -0.05) is 6.07 Å². The second kappa shape index (κ2) is 9.02. The number of ether oxygens (including phenoxy) is 1. The molecule has 1 aromatic heterocycles. The van der Waals surface area contributed by atoms with Crippen LogP contribution in [0.4, 0.5) is 11.5 Å². The average Bonchev–Trinajstić information content (AvgIpc) is 2.73. The lowest BCUT2D eigenvalue weighted by Gasteiger charge is -2.31. The highest BCUT2D eigenvalue weighted by molar-refractivity contribution is 5.93. The number of rotatable bonds is 6. The molecule has 1 aromatic carbocycles. The van der Waals surface area contributed by atoms with Crippen molar-refractivity contribution in [3.05, 3.63) is 48.7 Å². The molecule has 0 aliphatic carbocycles. The van der Waals surface area contributed by atoms with E-state index in [4.69, 9.17) is 4.74 Å². The number of nitrogens with one attached hydrogen (secondary N) is 2. The molecule has 2 aromatic rings. The number of piperazine rings is 1. The highest BCUT2D eigenvalue weighted by Crippen LogP contribution is 2.16. The Kier molecular flexibility index (Phi) is 6.25. The Morgan fingerprint density at radius 2 is 1.78 bits per heavy atom. The van der Waals surface area contributed by atoms with Crippen LogP contribution in [0.25, 0.3) is 0 Å². The van der Waals surface area contributed by atoms with E-state index in [0.29, 0.717) is 18.8 Å². The fourth-order valence-electron chi connectivity index (χ4n) is 3.05. The van der Waals surface area contributed by atoms with Gasteiger partial charge in [-0.25, -0.2) is 4.98 Å². The lowest BCUT2D eigenvalue weighted by Crippen LogP contribution is -2.50. The molecule has 2 N–H and O–H groups in total. The highest BCUT2D eigenvalue weighted by Gasteiger charge is 2.26. The normalized spacial score (nSPS) is 14.0. The van der Waals surface area contributed by atoms with Crippen molar-refractivity contribution in [2.75, 3.05) is 43.5 Å². The van der Waals surface area contributed by atoms with Crippen LogP contribution in [0.2, 0.25) is 0 Å². The first kappa shape index (κ1) is 18.7. The van der Waals surface area contributed by atoms with Crippen molar-refractivity contribution < 1.29 is 19.3 Å². The SMILES string of the molecule is COc1ccc(NC(=O)CCC(=O)N2CCN(c3cccc[nH+]3)CC2)cc1. The number of nitrogens with zero attached hydrogens (tertiary/aromatic N) is 2. The Hall–Kier alpha value is -3.09. The van der Waals surface area contributed by atoms with Gasteiger partial charge in [0.2, 0.25) is 11.8 Å². The third kappa shape index (κ3) is 5.20. The number of carbonyl (C=O) groups excluding carboxylic acids is 2. The van der Waals surface area contributed by atoms with Crippen LogP contribution in [-0.2, 0) is 9.59 Å². The summed E-state index contributed by atoms with van der Waals surface area (Å²) in [4.78, 5) is 31.7. The molecule has 1 fully saturated rings. The van der Waals surface area contributed by atoms with Crippen molar-refractivity contribution in [3.63, 3.8) is 0 Å². The molecule has 0 saturated carbocycles. The summed E-state index contributed by atoms with van der Waals surface area (Å²) in [6.07, 6.45) is 2.30. The van der Waals surface area contributed by atoms with Crippen molar-refractivity contribution in [1.82, 2.24) is 4.90 Å². The predicted molar refractivity (Wildman–Crippen MR) is 103 cm³/mol. The molecule has 7 nitrogen and oxygen atoms in total. The van der Waals surface area contributed by atoms with Crippen molar-refractivity contribution in [2.24, 2.45) is 0 Å². The standard InChI is InChI=1S/C20H24N4O3/c1-27-17-7-5-16(6-8-17)22-19(25)9-10-20(26)24-14-12-23(13-15-24)18-4-2-3-11-21-18/h2-8,11H,9-10,12-15H2,1H3,(H,22,25)/p+1. The molecule has 0 unspecified atom stereocenters. The number of carbonyl (C=O) groups is 2. The highest BCUT2D eigenvalue weighted by atomic mass is 16.5. The summed E-state index contributed by atoms with van der Waals surface area (Å²) in [5.74, 6) is 1.65. The van der Waals surface area contributed by atoms with Gasteiger partial charge in [0.05, 0.1) is 26.4 Å². The van der Waals surface area contributed by atoms with Gasteiger partial charge in [-0.05, 0) is 30.3 Å². The zero-order chi connectivity index (χ0) is 19.1. The molecular weight excluding hydrogens is 344 g/mol. The molecule has 0 spiro atoms. The predicted octanol–water partition coefficient (Wildman–Crippen LogP) is 1.58. The van der Waals surface area contributed by atoms with Crippen LogP contribution >= 0.6 is 0 Å². The van der Waals surface area contributed by atoms with Gasteiger partial charge in [0.25, 0.3) is 5.82 Å². The fraction of sp³-hybridized carbons (Fsp3) is 0.350. The Bertz CT molecular complexity index is 757. The quantitative estimate of drug-likeness (QED) is 0.839. The number of anilines is 2. The van der Waals surface area contributed by atoms with Crippen LogP contribution in [0.3, 0.4) is 0 Å². The molecule has 2 amide bonds. The number of H-pyrrole nitrogens is 1. The first-order valence-corrected chi connectivity index (χ1v) is 9.09. The monoisotopic (exact) mass is 369 g/mol. The molecule has 27 heavy (non-hydrogen) atoms. The summed E-state index contributed by atoms with van der Waals surface area (Å²) in [5, 5.41) is 2.80. The van der Waals surface area contributed by atoms with Crippen LogP contribution in [-0.4, -0.2) is 50.0 Å². The Labute approximate surface area is 158 Å². The number of aromatic amines is 1. The third-order valence-electron chi connectivity index (χ3n) is 4.61. The minimum absolute atomic E-state index is 0.0246. The number of hydrogen-bond donors (Lipinski definition) is 1. The van der Waals surface area contributed by atoms with Crippen LogP contribution in [0.1, 0.15) is 12.8 Å². The van der Waals surface area contributed by atoms with Crippen molar-refractivity contribution in [3.8, 4) is 5.75 Å². The minimum Gasteiger partial charge on any atom is -0.497 e. The molecule has 1 saturated heterocycles. The van der Waals surface area contributed by atoms with Crippen LogP contribution < -0.4 is 19.9 Å². The van der Waals surface area contributed by atoms with Gasteiger partial charge in [-0.15, -0.1) is 0 Å². The second-order valence-electron chi connectivity index (χ2n) is 6.39. The summed E-state index contributed by atoms with van der Waals surface area (Å²) in [6, 6.07) is 13.1. The number of amides is 2. The maximum atomic E-state index is 12.4. The van der Waals surface area contributed by atoms with Crippen molar-refractivity contribution >= 4 is 23.3 Å². The molecular formula is C20H25N4O3+. The topological polar surface area (TPSA) is 76.0 Å². The summed E-state index contributed by atoms with van der Waals surface area (Å²) in [7, 11) is 1.59. The van der Waals surface area contributed by atoms with E-state index in [1.807, 2.05) is 29.3 Å². The zero-order valence-corrected chi connectivity index (χ0v) is 15.5. The summed E-state index contributed by atoms with van der Waals surface area (Å²) in [5.41, 5.74) is 0.695. The lowest BCUT2D eigenvalue weighted by molar-refractivity contribution is -0.364. The van der Waals surface area contributed by atoms with Gasteiger partial charge in [0.1, 0.15) is 18.8 Å². The summed E-state index contributed by atoms with van der Waals surface area (Å²) < 4.78 is 5.09. The van der Waals surface area contributed by atoms with Gasteiger partial charge in [-0.2, -0.15) is 0 Å². The number of aromatic nitrogens is 1. The average molecular weight is 369 g/mol. The van der Waals surface area contributed by atoms with E-state index in [2.05, 4.69) is 15.2 Å². The van der Waals surface area contributed by atoms with Crippen molar-refractivity contribution in [1.29, 1.82) is 0 Å². The van der Waals surface area contributed by atoms with Gasteiger partial charge >= 0.3 is 0 Å². The minimum atomic E-state index is -0.161. The molecule has 1 aliphatic rings. The molecule has 0 bridgehead atoms. The first-order chi connectivity index (χ1) is 13.2. The maximum Gasteiger partial charge on any atom is 0.274 e. The smallest absolute Gasteiger partial charge is 0.274 e. The molecule has 142 valence electrons. The Balaban J connectivity index is 1.41. The van der Waals surface area contributed by atoms with E-state index in [1.165, 1.54) is 0 Å². The largest absolute Gasteiger partial charge is 0.497 e. The van der Waals surface area contributed by atoms with E-state index in [9.17, 15) is 9.59 Å². The van der Waals surface area contributed by atoms with E-state index >= 15 is 0 Å². The van der Waals surface area contributed by atoms with Gasteiger partial charge in [-0.3, -0.25) is 14.5 Å². The second-order valence-corrected chi connectivity index (χ2v) is 6.39. The maximum absolute atomic E-state index is 12.4.